The summed E-state index contributed by atoms with van der Waals surface area (Å²) in [5.74, 6) is -0.147. The lowest BCUT2D eigenvalue weighted by Gasteiger charge is -2.10. The van der Waals surface area contributed by atoms with Crippen LogP contribution in [0.15, 0.2) is 17.1 Å². The van der Waals surface area contributed by atoms with Crippen molar-refractivity contribution < 1.29 is 9.53 Å². The highest BCUT2D eigenvalue weighted by Crippen LogP contribution is 2.61. The van der Waals surface area contributed by atoms with Crippen molar-refractivity contribution in [1.82, 2.24) is 4.98 Å². The van der Waals surface area contributed by atoms with Gasteiger partial charge in [0, 0.05) is 17.7 Å². The van der Waals surface area contributed by atoms with E-state index in [4.69, 9.17) is 4.74 Å². The predicted octanol–water partition coefficient (Wildman–Crippen LogP) is 1.14. The summed E-state index contributed by atoms with van der Waals surface area (Å²) < 4.78 is 5.07. The Morgan fingerprint density at radius 2 is 2.47 bits per heavy atom. The van der Waals surface area contributed by atoms with Crippen molar-refractivity contribution in [2.45, 2.75) is 31.6 Å². The maximum atomic E-state index is 11.8. The molecule has 1 N–H and O–H groups in total. The summed E-state index contributed by atoms with van der Waals surface area (Å²) in [6.07, 6.45) is 4.53. The van der Waals surface area contributed by atoms with E-state index in [0.717, 1.165) is 24.8 Å². The van der Waals surface area contributed by atoms with E-state index >= 15 is 0 Å². The van der Waals surface area contributed by atoms with Crippen LogP contribution in [0.25, 0.3) is 0 Å². The third-order valence-corrected chi connectivity index (χ3v) is 4.03. The number of esters is 1. The number of hydrogen-bond acceptors (Lipinski definition) is 3. The van der Waals surface area contributed by atoms with Crippen molar-refractivity contribution in [2.75, 3.05) is 6.61 Å². The first kappa shape index (κ1) is 10.6. The van der Waals surface area contributed by atoms with Crippen LogP contribution >= 0.6 is 0 Å². The SMILES string of the molecule is CCOC(=O)[C@H]1C[C@@]12CCc1c[nH]c(=O)cc12. The summed E-state index contributed by atoms with van der Waals surface area (Å²) in [7, 11) is 0. The van der Waals surface area contributed by atoms with Gasteiger partial charge in [0.1, 0.15) is 0 Å². The summed E-state index contributed by atoms with van der Waals surface area (Å²) >= 11 is 0. The van der Waals surface area contributed by atoms with Crippen LogP contribution in [0.3, 0.4) is 0 Å². The van der Waals surface area contributed by atoms with Gasteiger partial charge in [-0.15, -0.1) is 0 Å². The standard InChI is InChI=1S/C13H15NO3/c1-2-17-12(16)10-6-13(10)4-3-8-7-14-11(15)5-9(8)13/h5,7,10H,2-4,6H2,1H3,(H,14,15)/t10-,13-/m1/s1. The highest BCUT2D eigenvalue weighted by molar-refractivity contribution is 5.80. The number of rotatable bonds is 2. The average molecular weight is 233 g/mol. The van der Waals surface area contributed by atoms with Gasteiger partial charge in [-0.05, 0) is 37.3 Å². The van der Waals surface area contributed by atoms with Crippen LogP contribution in [0.1, 0.15) is 30.9 Å². The quantitative estimate of drug-likeness (QED) is 0.779. The molecule has 0 radical (unpaired) electrons. The van der Waals surface area contributed by atoms with Crippen LogP contribution in [0.5, 0.6) is 0 Å². The number of H-pyrrole nitrogens is 1. The number of fused-ring (bicyclic) bond motifs is 2. The van der Waals surface area contributed by atoms with Crippen molar-refractivity contribution in [3.05, 3.63) is 33.7 Å². The molecule has 3 rings (SSSR count). The third-order valence-electron chi connectivity index (χ3n) is 4.03. The Hall–Kier alpha value is -1.58. The van der Waals surface area contributed by atoms with E-state index in [1.165, 1.54) is 5.56 Å². The van der Waals surface area contributed by atoms with E-state index in [2.05, 4.69) is 4.98 Å². The van der Waals surface area contributed by atoms with E-state index in [9.17, 15) is 9.59 Å². The van der Waals surface area contributed by atoms with Gasteiger partial charge in [-0.2, -0.15) is 0 Å². The number of aromatic amines is 1. The van der Waals surface area contributed by atoms with Crippen LogP contribution in [0.2, 0.25) is 0 Å². The largest absolute Gasteiger partial charge is 0.466 e. The molecule has 1 saturated carbocycles. The van der Waals surface area contributed by atoms with Gasteiger partial charge in [0.15, 0.2) is 0 Å². The molecule has 1 fully saturated rings. The molecular formula is C13H15NO3. The number of carbonyl (C=O) groups is 1. The molecule has 0 amide bonds. The van der Waals surface area contributed by atoms with Gasteiger partial charge in [-0.3, -0.25) is 9.59 Å². The molecule has 1 aromatic heterocycles. The fourth-order valence-electron chi connectivity index (χ4n) is 3.10. The molecule has 0 unspecified atom stereocenters. The topological polar surface area (TPSA) is 59.2 Å². The Labute approximate surface area is 99.0 Å². The molecule has 2 aliphatic carbocycles. The second-order valence-corrected chi connectivity index (χ2v) is 4.90. The summed E-state index contributed by atoms with van der Waals surface area (Å²) in [5.41, 5.74) is 2.07. The Morgan fingerprint density at radius 1 is 1.65 bits per heavy atom. The minimum absolute atomic E-state index is 0.0366. The predicted molar refractivity (Wildman–Crippen MR) is 61.8 cm³/mol. The highest BCUT2D eigenvalue weighted by atomic mass is 16.5. The van der Waals surface area contributed by atoms with E-state index in [1.54, 1.807) is 12.3 Å². The number of ether oxygens (including phenoxy) is 1. The number of aryl methyl sites for hydroxylation is 1. The minimum Gasteiger partial charge on any atom is -0.466 e. The van der Waals surface area contributed by atoms with Crippen molar-refractivity contribution >= 4 is 5.97 Å². The van der Waals surface area contributed by atoms with E-state index in [0.29, 0.717) is 6.61 Å². The second-order valence-electron chi connectivity index (χ2n) is 4.90. The minimum atomic E-state index is -0.111. The van der Waals surface area contributed by atoms with Gasteiger partial charge in [0.2, 0.25) is 5.56 Å². The van der Waals surface area contributed by atoms with Gasteiger partial charge in [-0.1, -0.05) is 0 Å². The first-order valence-electron chi connectivity index (χ1n) is 6.06. The first-order valence-corrected chi connectivity index (χ1v) is 6.06. The summed E-state index contributed by atoms with van der Waals surface area (Å²) in [6, 6.07) is 1.65. The molecule has 0 aliphatic heterocycles. The maximum Gasteiger partial charge on any atom is 0.309 e. The summed E-state index contributed by atoms with van der Waals surface area (Å²) in [4.78, 5) is 25.8. The molecule has 4 heteroatoms. The lowest BCUT2D eigenvalue weighted by Crippen LogP contribution is -2.17. The zero-order valence-corrected chi connectivity index (χ0v) is 9.79. The molecule has 0 aromatic carbocycles. The van der Waals surface area contributed by atoms with Gasteiger partial charge >= 0.3 is 5.97 Å². The molecule has 2 aliphatic rings. The van der Waals surface area contributed by atoms with Crippen LogP contribution in [0, 0.1) is 5.92 Å². The number of hydrogen-bond donors (Lipinski definition) is 1. The van der Waals surface area contributed by atoms with Crippen molar-refractivity contribution in [3.8, 4) is 0 Å². The molecule has 2 atom stereocenters. The third kappa shape index (κ3) is 1.43. The highest BCUT2D eigenvalue weighted by Gasteiger charge is 2.62. The van der Waals surface area contributed by atoms with Crippen LogP contribution in [0.4, 0.5) is 0 Å². The Morgan fingerprint density at radius 3 is 3.24 bits per heavy atom. The molecule has 1 spiro atoms. The molecule has 90 valence electrons. The van der Waals surface area contributed by atoms with Gasteiger partial charge in [0.25, 0.3) is 0 Å². The second kappa shape index (κ2) is 3.45. The molecule has 0 saturated heterocycles. The van der Waals surface area contributed by atoms with Gasteiger partial charge < -0.3 is 9.72 Å². The number of pyridine rings is 1. The normalized spacial score (nSPS) is 29.1. The Kier molecular flexibility index (Phi) is 2.15. The first-order chi connectivity index (χ1) is 8.17. The van der Waals surface area contributed by atoms with Crippen molar-refractivity contribution in [1.29, 1.82) is 0 Å². The van der Waals surface area contributed by atoms with E-state index in [1.807, 2.05) is 6.92 Å². The van der Waals surface area contributed by atoms with E-state index in [-0.39, 0.29) is 22.9 Å². The number of nitrogens with one attached hydrogen (secondary N) is 1. The van der Waals surface area contributed by atoms with E-state index < -0.39 is 0 Å². The van der Waals surface area contributed by atoms with Crippen LogP contribution in [-0.2, 0) is 21.4 Å². The van der Waals surface area contributed by atoms with Crippen LogP contribution in [-0.4, -0.2) is 17.6 Å². The van der Waals surface area contributed by atoms with Gasteiger partial charge in [0.05, 0.1) is 12.5 Å². The summed E-state index contributed by atoms with van der Waals surface area (Å²) in [5, 5.41) is 0. The Balaban J connectivity index is 1.93. The monoisotopic (exact) mass is 233 g/mol. The fourth-order valence-corrected chi connectivity index (χ4v) is 3.10. The van der Waals surface area contributed by atoms with Crippen LogP contribution < -0.4 is 5.56 Å². The number of aromatic nitrogens is 1. The van der Waals surface area contributed by atoms with Crippen molar-refractivity contribution in [3.63, 3.8) is 0 Å². The molecule has 1 heterocycles. The van der Waals surface area contributed by atoms with Gasteiger partial charge in [-0.25, -0.2) is 0 Å². The smallest absolute Gasteiger partial charge is 0.309 e. The zero-order valence-electron chi connectivity index (χ0n) is 9.79. The molecule has 0 bridgehead atoms. The summed E-state index contributed by atoms with van der Waals surface area (Å²) in [6.45, 7) is 2.24. The molecule has 4 nitrogen and oxygen atoms in total. The molecule has 17 heavy (non-hydrogen) atoms. The lowest BCUT2D eigenvalue weighted by molar-refractivity contribution is -0.145. The van der Waals surface area contributed by atoms with Crippen molar-refractivity contribution in [2.24, 2.45) is 5.92 Å². The zero-order chi connectivity index (χ0) is 12.0. The number of carbonyl (C=O) groups excluding carboxylic acids is 1. The average Bonchev–Trinajstić information content (AvgIpc) is 2.93. The molecular weight excluding hydrogens is 218 g/mol. The fraction of sp³-hybridized carbons (Fsp3) is 0.538. The lowest BCUT2D eigenvalue weighted by atomic mass is 9.96. The maximum absolute atomic E-state index is 11.8. The molecule has 1 aromatic rings. The Bertz CT molecular complexity index is 534.